The lowest BCUT2D eigenvalue weighted by molar-refractivity contribution is -0.125. The number of thioether (sulfide) groups is 1. The molecule has 1 aromatic carbocycles. The fraction of sp³-hybridized carbons (Fsp3) is 0.682. The Morgan fingerprint density at radius 2 is 1.64 bits per heavy atom. The molecular weight excluding hydrogens is 392 g/mol. The third kappa shape index (κ3) is 5.85. The van der Waals surface area contributed by atoms with Crippen molar-refractivity contribution in [2.45, 2.75) is 63.7 Å². The van der Waals surface area contributed by atoms with Crippen LogP contribution in [0.5, 0.6) is 0 Å². The number of carbonyl (C=O) groups excluding carboxylic acids is 1. The van der Waals surface area contributed by atoms with Gasteiger partial charge in [-0.2, -0.15) is 0 Å². The van der Waals surface area contributed by atoms with Gasteiger partial charge in [-0.1, -0.05) is 42.6 Å². The van der Waals surface area contributed by atoms with E-state index < -0.39 is 0 Å². The fourth-order valence-corrected chi connectivity index (χ4v) is 5.48. The van der Waals surface area contributed by atoms with Crippen LogP contribution in [0.1, 0.15) is 58.8 Å². The zero-order valence-corrected chi connectivity index (χ0v) is 17.9. The first kappa shape index (κ1) is 19.5. The molecule has 3 rings (SSSR count). The van der Waals surface area contributed by atoms with Crippen molar-refractivity contribution >= 4 is 33.5 Å². The van der Waals surface area contributed by atoms with Crippen LogP contribution in [-0.2, 0) is 4.79 Å². The van der Waals surface area contributed by atoms with Crippen molar-refractivity contribution < 1.29 is 4.79 Å². The molecule has 1 aromatic rings. The lowest BCUT2D eigenvalue weighted by atomic mass is 9.75. The molecule has 2 fully saturated rings. The molecule has 0 saturated heterocycles. The molecular formula is C22H31BrOS. The molecule has 0 N–H and O–H groups in total. The van der Waals surface area contributed by atoms with E-state index in [2.05, 4.69) is 54.0 Å². The van der Waals surface area contributed by atoms with Crippen LogP contribution < -0.4 is 0 Å². The van der Waals surface area contributed by atoms with E-state index in [0.29, 0.717) is 17.6 Å². The summed E-state index contributed by atoms with van der Waals surface area (Å²) in [6.07, 6.45) is 9.01. The minimum absolute atomic E-state index is 0.276. The number of carbonyl (C=O) groups is 1. The molecule has 2 atom stereocenters. The van der Waals surface area contributed by atoms with Gasteiger partial charge in [0.15, 0.2) is 0 Å². The van der Waals surface area contributed by atoms with Crippen molar-refractivity contribution in [1.82, 2.24) is 0 Å². The summed E-state index contributed by atoms with van der Waals surface area (Å²) >= 11 is 5.50. The highest BCUT2D eigenvalue weighted by Gasteiger charge is 2.35. The second-order valence-corrected chi connectivity index (χ2v) is 10.3. The summed E-state index contributed by atoms with van der Waals surface area (Å²) in [7, 11) is 0. The molecule has 0 aromatic heterocycles. The molecule has 0 bridgehead atoms. The Bertz CT molecular complexity index is 558. The lowest BCUT2D eigenvalue weighted by Crippen LogP contribution is -2.24. The molecule has 0 radical (unpaired) electrons. The number of hydrogen-bond donors (Lipinski definition) is 0. The largest absolute Gasteiger partial charge is 0.299 e. The molecule has 2 saturated carbocycles. The van der Waals surface area contributed by atoms with E-state index in [1.807, 2.05) is 11.8 Å². The zero-order chi connectivity index (χ0) is 17.8. The average molecular weight is 423 g/mol. The minimum Gasteiger partial charge on any atom is -0.299 e. The summed E-state index contributed by atoms with van der Waals surface area (Å²) in [6, 6.07) is 8.68. The van der Waals surface area contributed by atoms with Gasteiger partial charge in [0.1, 0.15) is 5.78 Å². The summed E-state index contributed by atoms with van der Waals surface area (Å²) in [5, 5.41) is 0. The van der Waals surface area contributed by atoms with Crippen LogP contribution >= 0.6 is 27.7 Å². The Morgan fingerprint density at radius 3 is 2.24 bits per heavy atom. The summed E-state index contributed by atoms with van der Waals surface area (Å²) in [5.41, 5.74) is 0. The van der Waals surface area contributed by atoms with Crippen molar-refractivity contribution in [3.63, 3.8) is 0 Å². The van der Waals surface area contributed by atoms with Gasteiger partial charge >= 0.3 is 0 Å². The number of benzene rings is 1. The van der Waals surface area contributed by atoms with E-state index in [1.54, 1.807) is 0 Å². The van der Waals surface area contributed by atoms with Gasteiger partial charge < -0.3 is 0 Å². The van der Waals surface area contributed by atoms with Crippen LogP contribution in [0.2, 0.25) is 0 Å². The molecule has 25 heavy (non-hydrogen) atoms. The predicted molar refractivity (Wildman–Crippen MR) is 111 cm³/mol. The van der Waals surface area contributed by atoms with Crippen LogP contribution in [0.15, 0.2) is 33.6 Å². The quantitative estimate of drug-likeness (QED) is 0.419. The van der Waals surface area contributed by atoms with Crippen molar-refractivity contribution in [2.75, 3.05) is 5.75 Å². The summed E-state index contributed by atoms with van der Waals surface area (Å²) in [4.78, 5) is 13.7. The summed E-state index contributed by atoms with van der Waals surface area (Å²) < 4.78 is 1.15. The standard InChI is InChI=1S/C22H31BrOS/c1-15(16(2)22(24)19-7-8-19)13-17-3-5-18(6-4-17)14-25-21-11-9-20(23)10-12-21/h9-12,15-19H,3-8,13-14H2,1-2H3/t15?,16-,17-,18-/m1/s1. The van der Waals surface area contributed by atoms with Crippen LogP contribution in [0.3, 0.4) is 0 Å². The third-order valence-electron chi connectivity index (χ3n) is 6.25. The van der Waals surface area contributed by atoms with Gasteiger partial charge in [-0.15, -0.1) is 11.8 Å². The SMILES string of the molecule is CC(C[C@H]1CC[C@H](CSc2ccc(Br)cc2)CC1)[C@@H](C)C(=O)C1CC1. The van der Waals surface area contributed by atoms with Crippen molar-refractivity contribution in [2.24, 2.45) is 29.6 Å². The fourth-order valence-electron chi connectivity index (χ4n) is 4.13. The molecule has 0 aliphatic heterocycles. The van der Waals surface area contributed by atoms with Crippen LogP contribution in [0, 0.1) is 29.6 Å². The average Bonchev–Trinajstić information content (AvgIpc) is 3.46. The number of hydrogen-bond acceptors (Lipinski definition) is 2. The van der Waals surface area contributed by atoms with Crippen molar-refractivity contribution in [3.8, 4) is 0 Å². The molecule has 2 aliphatic carbocycles. The molecule has 0 spiro atoms. The normalized spacial score (nSPS) is 26.2. The third-order valence-corrected chi connectivity index (χ3v) is 8.03. The smallest absolute Gasteiger partial charge is 0.139 e. The van der Waals surface area contributed by atoms with E-state index in [-0.39, 0.29) is 5.92 Å². The van der Waals surface area contributed by atoms with Gasteiger partial charge in [0.05, 0.1) is 0 Å². The highest BCUT2D eigenvalue weighted by Crippen LogP contribution is 2.39. The maximum absolute atomic E-state index is 12.3. The molecule has 3 heteroatoms. The maximum atomic E-state index is 12.3. The molecule has 0 heterocycles. The van der Waals surface area contributed by atoms with Gasteiger partial charge in [-0.25, -0.2) is 0 Å². The Hall–Kier alpha value is -0.280. The second kappa shape index (κ2) is 9.08. The van der Waals surface area contributed by atoms with Gasteiger partial charge in [-0.3, -0.25) is 4.79 Å². The number of ketones is 1. The monoisotopic (exact) mass is 422 g/mol. The van der Waals surface area contributed by atoms with E-state index in [1.165, 1.54) is 42.8 Å². The molecule has 0 amide bonds. The van der Waals surface area contributed by atoms with Crippen LogP contribution in [-0.4, -0.2) is 11.5 Å². The Balaban J connectivity index is 1.36. The highest BCUT2D eigenvalue weighted by molar-refractivity contribution is 9.10. The minimum atomic E-state index is 0.276. The molecule has 1 unspecified atom stereocenters. The second-order valence-electron chi connectivity index (χ2n) is 8.33. The molecule has 1 nitrogen and oxygen atoms in total. The van der Waals surface area contributed by atoms with Crippen molar-refractivity contribution in [1.29, 1.82) is 0 Å². The molecule has 138 valence electrons. The van der Waals surface area contributed by atoms with Crippen molar-refractivity contribution in [3.05, 3.63) is 28.7 Å². The van der Waals surface area contributed by atoms with E-state index in [9.17, 15) is 4.79 Å². The van der Waals surface area contributed by atoms with Gasteiger partial charge in [-0.05, 0) is 74.1 Å². The number of Topliss-reactive ketones (excluding diaryl/α,β-unsaturated/α-hetero) is 1. The first-order valence-electron chi connectivity index (χ1n) is 9.95. The Labute approximate surface area is 165 Å². The zero-order valence-electron chi connectivity index (χ0n) is 15.5. The molecule has 2 aliphatic rings. The number of rotatable bonds is 8. The summed E-state index contributed by atoms with van der Waals surface area (Å²) in [6.45, 7) is 4.48. The van der Waals surface area contributed by atoms with E-state index >= 15 is 0 Å². The van der Waals surface area contributed by atoms with E-state index in [0.717, 1.165) is 29.2 Å². The van der Waals surface area contributed by atoms with Crippen LogP contribution in [0.25, 0.3) is 0 Å². The van der Waals surface area contributed by atoms with Gasteiger partial charge in [0, 0.05) is 27.0 Å². The topological polar surface area (TPSA) is 17.1 Å². The summed E-state index contributed by atoms with van der Waals surface area (Å²) in [5.74, 6) is 4.77. The maximum Gasteiger partial charge on any atom is 0.139 e. The first-order chi connectivity index (χ1) is 12.0. The highest BCUT2D eigenvalue weighted by atomic mass is 79.9. The van der Waals surface area contributed by atoms with Gasteiger partial charge in [0.2, 0.25) is 0 Å². The van der Waals surface area contributed by atoms with Gasteiger partial charge in [0.25, 0.3) is 0 Å². The lowest BCUT2D eigenvalue weighted by Gasteiger charge is -2.31. The Kier molecular flexibility index (Phi) is 7.08. The first-order valence-corrected chi connectivity index (χ1v) is 11.7. The number of halogens is 1. The van der Waals surface area contributed by atoms with Crippen LogP contribution in [0.4, 0.5) is 0 Å². The predicted octanol–water partition coefficient (Wildman–Crippen LogP) is 6.99. The van der Waals surface area contributed by atoms with E-state index in [4.69, 9.17) is 0 Å². The Morgan fingerprint density at radius 1 is 1.04 bits per heavy atom.